The largest absolute Gasteiger partial charge is 0.362 e. The molecule has 0 unspecified atom stereocenters. The minimum absolute atomic E-state index is 0.0107. The molecule has 0 saturated heterocycles. The molecule has 0 saturated carbocycles. The average Bonchev–Trinajstić information content (AvgIpc) is 3.02. The van der Waals surface area contributed by atoms with Gasteiger partial charge in [0, 0.05) is 17.1 Å². The Labute approximate surface area is 135 Å². The fraction of sp³-hybridized carbons (Fsp3) is 0.412. The van der Waals surface area contributed by atoms with E-state index < -0.39 is 0 Å². The van der Waals surface area contributed by atoms with Crippen LogP contribution in [0.15, 0.2) is 24.3 Å². The number of amides is 1. The number of hydrogen-bond donors (Lipinski definition) is 1. The summed E-state index contributed by atoms with van der Waals surface area (Å²) < 4.78 is 0. The standard InChI is InChI=1S/C17H21N3OS/c1-11-17(22-13(3)18-11)12(2)19-16(21)10-20-9-8-14-6-4-5-7-15(14)20/h4-7,12H,8-10H2,1-3H3,(H,19,21)/t12-/m1/s1. The maximum atomic E-state index is 12.3. The van der Waals surface area contributed by atoms with Gasteiger partial charge in [-0.25, -0.2) is 4.98 Å². The van der Waals surface area contributed by atoms with Crippen molar-refractivity contribution in [3.05, 3.63) is 45.4 Å². The summed E-state index contributed by atoms with van der Waals surface area (Å²) in [5, 5.41) is 4.14. The lowest BCUT2D eigenvalue weighted by atomic mass is 10.2. The van der Waals surface area contributed by atoms with Gasteiger partial charge in [0.15, 0.2) is 0 Å². The van der Waals surface area contributed by atoms with Crippen molar-refractivity contribution < 1.29 is 4.79 Å². The molecule has 3 rings (SSSR count). The number of aryl methyl sites for hydroxylation is 2. The number of nitrogens with zero attached hydrogens (tertiary/aromatic N) is 2. The number of nitrogens with one attached hydrogen (secondary N) is 1. The number of anilines is 1. The van der Waals surface area contributed by atoms with Gasteiger partial charge in [0.2, 0.25) is 5.91 Å². The fourth-order valence-electron chi connectivity index (χ4n) is 3.05. The minimum atomic E-state index is 0.0107. The molecule has 1 aliphatic heterocycles. The van der Waals surface area contributed by atoms with Crippen molar-refractivity contribution in [2.45, 2.75) is 33.2 Å². The van der Waals surface area contributed by atoms with Crippen LogP contribution in [0, 0.1) is 13.8 Å². The van der Waals surface area contributed by atoms with E-state index in [9.17, 15) is 4.79 Å². The van der Waals surface area contributed by atoms with Gasteiger partial charge in [-0.2, -0.15) is 0 Å². The monoisotopic (exact) mass is 315 g/mol. The Morgan fingerprint density at radius 3 is 2.91 bits per heavy atom. The predicted octanol–water partition coefficient (Wildman–Crippen LogP) is 3.00. The van der Waals surface area contributed by atoms with Gasteiger partial charge in [-0.3, -0.25) is 4.79 Å². The molecule has 4 nitrogen and oxygen atoms in total. The van der Waals surface area contributed by atoms with Crippen LogP contribution in [0.3, 0.4) is 0 Å². The van der Waals surface area contributed by atoms with Crippen molar-refractivity contribution in [2.24, 2.45) is 0 Å². The maximum absolute atomic E-state index is 12.3. The van der Waals surface area contributed by atoms with E-state index in [1.807, 2.05) is 26.8 Å². The van der Waals surface area contributed by atoms with Crippen LogP contribution in [0.5, 0.6) is 0 Å². The molecule has 0 radical (unpaired) electrons. The fourth-order valence-corrected chi connectivity index (χ4v) is 3.98. The number of hydrogen-bond acceptors (Lipinski definition) is 4. The summed E-state index contributed by atoms with van der Waals surface area (Å²) in [5.74, 6) is 0.0645. The quantitative estimate of drug-likeness (QED) is 0.943. The SMILES string of the molecule is Cc1nc(C)c([C@@H](C)NC(=O)CN2CCc3ccccc32)s1. The van der Waals surface area contributed by atoms with Gasteiger partial charge in [0.25, 0.3) is 0 Å². The van der Waals surface area contributed by atoms with Crippen molar-refractivity contribution in [2.75, 3.05) is 18.0 Å². The summed E-state index contributed by atoms with van der Waals surface area (Å²) in [6, 6.07) is 8.33. The molecule has 0 aliphatic carbocycles. The van der Waals surface area contributed by atoms with E-state index >= 15 is 0 Å². The second-order valence-electron chi connectivity index (χ2n) is 5.77. The lowest BCUT2D eigenvalue weighted by Crippen LogP contribution is -2.37. The van der Waals surface area contributed by atoms with Crippen LogP contribution in [-0.4, -0.2) is 24.0 Å². The Morgan fingerprint density at radius 2 is 2.18 bits per heavy atom. The molecular weight excluding hydrogens is 294 g/mol. The molecule has 1 aromatic heterocycles. The maximum Gasteiger partial charge on any atom is 0.240 e. The first-order chi connectivity index (χ1) is 10.5. The van der Waals surface area contributed by atoms with Crippen LogP contribution in [0.2, 0.25) is 0 Å². The Bertz CT molecular complexity index is 695. The first kappa shape index (κ1) is 15.0. The third kappa shape index (κ3) is 2.99. The molecular formula is C17H21N3OS. The van der Waals surface area contributed by atoms with Crippen LogP contribution in [0.1, 0.15) is 34.1 Å². The predicted molar refractivity (Wildman–Crippen MR) is 90.5 cm³/mol. The number of carbonyl (C=O) groups excluding carboxylic acids is 1. The van der Waals surface area contributed by atoms with Crippen molar-refractivity contribution in [1.29, 1.82) is 0 Å². The first-order valence-corrected chi connectivity index (χ1v) is 8.42. The lowest BCUT2D eigenvalue weighted by Gasteiger charge is -2.20. The summed E-state index contributed by atoms with van der Waals surface area (Å²) in [5.41, 5.74) is 3.54. The van der Waals surface area contributed by atoms with E-state index in [4.69, 9.17) is 0 Å². The molecule has 1 aliphatic rings. The van der Waals surface area contributed by atoms with Crippen molar-refractivity contribution in [1.82, 2.24) is 10.3 Å². The number of carbonyl (C=O) groups is 1. The summed E-state index contributed by atoms with van der Waals surface area (Å²) in [6.45, 7) is 7.35. The van der Waals surface area contributed by atoms with Gasteiger partial charge >= 0.3 is 0 Å². The molecule has 1 aromatic carbocycles. The highest BCUT2D eigenvalue weighted by molar-refractivity contribution is 7.11. The van der Waals surface area contributed by atoms with Crippen molar-refractivity contribution in [3.63, 3.8) is 0 Å². The average molecular weight is 315 g/mol. The van der Waals surface area contributed by atoms with Gasteiger partial charge in [0.1, 0.15) is 0 Å². The van der Waals surface area contributed by atoms with Crippen molar-refractivity contribution in [3.8, 4) is 0 Å². The Morgan fingerprint density at radius 1 is 1.41 bits per heavy atom. The summed E-state index contributed by atoms with van der Waals surface area (Å²) in [4.78, 5) is 20.1. The molecule has 116 valence electrons. The topological polar surface area (TPSA) is 45.2 Å². The Balaban J connectivity index is 1.63. The molecule has 1 N–H and O–H groups in total. The molecule has 0 bridgehead atoms. The molecule has 22 heavy (non-hydrogen) atoms. The van der Waals surface area contributed by atoms with E-state index in [0.717, 1.165) is 28.5 Å². The molecule has 0 fully saturated rings. The van der Waals surface area contributed by atoms with Gasteiger partial charge in [0.05, 0.1) is 23.3 Å². The van der Waals surface area contributed by atoms with Gasteiger partial charge in [-0.05, 0) is 38.8 Å². The Kier molecular flexibility index (Phi) is 4.16. The third-order valence-corrected chi connectivity index (χ3v) is 5.28. The number of thiazole rings is 1. The molecule has 2 heterocycles. The zero-order valence-electron chi connectivity index (χ0n) is 13.2. The molecule has 2 aromatic rings. The van der Waals surface area contributed by atoms with E-state index in [0.29, 0.717) is 6.54 Å². The number of rotatable bonds is 4. The minimum Gasteiger partial charge on any atom is -0.362 e. The van der Waals surface area contributed by atoms with Crippen LogP contribution < -0.4 is 10.2 Å². The van der Waals surface area contributed by atoms with Crippen LogP contribution in [0.4, 0.5) is 5.69 Å². The highest BCUT2D eigenvalue weighted by Gasteiger charge is 2.22. The molecule has 1 atom stereocenters. The highest BCUT2D eigenvalue weighted by Crippen LogP contribution is 2.27. The zero-order valence-corrected chi connectivity index (χ0v) is 14.0. The van der Waals surface area contributed by atoms with Gasteiger partial charge in [-0.15, -0.1) is 11.3 Å². The summed E-state index contributed by atoms with van der Waals surface area (Å²) in [6.07, 6.45) is 1.02. The molecule has 5 heteroatoms. The van der Waals surface area contributed by atoms with Gasteiger partial charge in [-0.1, -0.05) is 18.2 Å². The van der Waals surface area contributed by atoms with E-state index in [2.05, 4.69) is 33.4 Å². The highest BCUT2D eigenvalue weighted by atomic mass is 32.1. The van der Waals surface area contributed by atoms with Crippen LogP contribution in [0.25, 0.3) is 0 Å². The number of fused-ring (bicyclic) bond motifs is 1. The lowest BCUT2D eigenvalue weighted by molar-refractivity contribution is -0.120. The molecule has 1 amide bonds. The zero-order chi connectivity index (χ0) is 15.7. The number of aromatic nitrogens is 1. The first-order valence-electron chi connectivity index (χ1n) is 7.60. The van der Waals surface area contributed by atoms with E-state index in [1.165, 1.54) is 11.3 Å². The second kappa shape index (κ2) is 6.08. The smallest absolute Gasteiger partial charge is 0.240 e. The van der Waals surface area contributed by atoms with Crippen LogP contribution in [-0.2, 0) is 11.2 Å². The normalized spacial score (nSPS) is 14.8. The number of para-hydroxylation sites is 1. The summed E-state index contributed by atoms with van der Waals surface area (Å²) >= 11 is 1.66. The Hall–Kier alpha value is -1.88. The second-order valence-corrected chi connectivity index (χ2v) is 7.01. The van der Waals surface area contributed by atoms with Crippen molar-refractivity contribution >= 4 is 22.9 Å². The van der Waals surface area contributed by atoms with Crippen LogP contribution >= 0.6 is 11.3 Å². The van der Waals surface area contributed by atoms with E-state index in [-0.39, 0.29) is 11.9 Å². The van der Waals surface area contributed by atoms with E-state index in [1.54, 1.807) is 11.3 Å². The van der Waals surface area contributed by atoms with Gasteiger partial charge < -0.3 is 10.2 Å². The third-order valence-electron chi connectivity index (χ3n) is 4.03. The number of benzene rings is 1. The summed E-state index contributed by atoms with van der Waals surface area (Å²) in [7, 11) is 0. The molecule has 0 spiro atoms.